The van der Waals surface area contributed by atoms with E-state index in [4.69, 9.17) is 5.26 Å². The molecule has 1 saturated heterocycles. The molecule has 0 unspecified atom stereocenters. The van der Waals surface area contributed by atoms with Crippen molar-refractivity contribution in [1.29, 1.82) is 5.26 Å². The van der Waals surface area contributed by atoms with E-state index >= 15 is 0 Å². The van der Waals surface area contributed by atoms with Gasteiger partial charge in [-0.3, -0.25) is 4.98 Å². The number of carbonyl (C=O) groups is 1. The van der Waals surface area contributed by atoms with Crippen LogP contribution in [0.5, 0.6) is 0 Å². The number of hydrogen-bond donors (Lipinski definition) is 1. The molecule has 1 aromatic heterocycles. The van der Waals surface area contributed by atoms with Gasteiger partial charge in [-0.1, -0.05) is 6.07 Å². The third-order valence-electron chi connectivity index (χ3n) is 4.31. The molecule has 2 heterocycles. The first kappa shape index (κ1) is 18.8. The molecule has 0 aliphatic carbocycles. The highest BCUT2D eigenvalue weighted by molar-refractivity contribution is 7.89. The Morgan fingerprint density at radius 1 is 1.15 bits per heavy atom. The van der Waals surface area contributed by atoms with Crippen molar-refractivity contribution >= 4 is 16.1 Å². The molecule has 8 nitrogen and oxygen atoms in total. The second-order valence-corrected chi connectivity index (χ2v) is 7.99. The number of rotatable bonds is 4. The standard InChI is InChI=1S/C18H19N5O3S/c19-12-15-3-5-17(6-4-15)27(25,26)23-10-8-22(9-11-23)18(24)21-14-16-2-1-7-20-13-16/h1-7,13H,8-11,14H2,(H,21,24). The van der Waals surface area contributed by atoms with E-state index in [9.17, 15) is 13.2 Å². The van der Waals surface area contributed by atoms with E-state index < -0.39 is 10.0 Å². The Morgan fingerprint density at radius 3 is 2.44 bits per heavy atom. The van der Waals surface area contributed by atoms with Gasteiger partial charge in [0.05, 0.1) is 16.5 Å². The minimum Gasteiger partial charge on any atom is -0.334 e. The molecule has 27 heavy (non-hydrogen) atoms. The van der Waals surface area contributed by atoms with Crippen molar-refractivity contribution in [3.8, 4) is 6.07 Å². The maximum atomic E-state index is 12.7. The van der Waals surface area contributed by atoms with Crippen LogP contribution in [0.4, 0.5) is 4.79 Å². The highest BCUT2D eigenvalue weighted by Gasteiger charge is 2.30. The van der Waals surface area contributed by atoms with E-state index in [1.54, 1.807) is 23.4 Å². The summed E-state index contributed by atoms with van der Waals surface area (Å²) in [5.41, 5.74) is 1.30. The first-order valence-corrected chi connectivity index (χ1v) is 9.87. The second kappa shape index (κ2) is 8.16. The molecule has 0 spiro atoms. The predicted octanol–water partition coefficient (Wildman–Crippen LogP) is 1.17. The number of sulfonamides is 1. The van der Waals surface area contributed by atoms with Gasteiger partial charge < -0.3 is 10.2 Å². The third-order valence-corrected chi connectivity index (χ3v) is 6.23. The van der Waals surface area contributed by atoms with Crippen LogP contribution in [-0.4, -0.2) is 54.8 Å². The Balaban J connectivity index is 1.56. The van der Waals surface area contributed by atoms with Crippen molar-refractivity contribution < 1.29 is 13.2 Å². The smallest absolute Gasteiger partial charge is 0.317 e. The van der Waals surface area contributed by atoms with Crippen LogP contribution in [0, 0.1) is 11.3 Å². The molecule has 1 aliphatic heterocycles. The maximum Gasteiger partial charge on any atom is 0.317 e. The van der Waals surface area contributed by atoms with Crippen LogP contribution in [-0.2, 0) is 16.6 Å². The van der Waals surface area contributed by atoms with Gasteiger partial charge in [-0.2, -0.15) is 9.57 Å². The summed E-state index contributed by atoms with van der Waals surface area (Å²) in [7, 11) is -3.63. The number of amides is 2. The van der Waals surface area contributed by atoms with E-state index in [1.807, 2.05) is 12.1 Å². The summed E-state index contributed by atoms with van der Waals surface area (Å²) >= 11 is 0. The first-order valence-electron chi connectivity index (χ1n) is 8.43. The number of urea groups is 1. The first-order chi connectivity index (χ1) is 13.0. The van der Waals surface area contributed by atoms with Gasteiger partial charge in [0.2, 0.25) is 10.0 Å². The molecule has 1 aromatic carbocycles. The largest absolute Gasteiger partial charge is 0.334 e. The van der Waals surface area contributed by atoms with Crippen LogP contribution in [0.1, 0.15) is 11.1 Å². The normalized spacial score (nSPS) is 15.1. The predicted molar refractivity (Wildman–Crippen MR) is 98.0 cm³/mol. The molecule has 9 heteroatoms. The van der Waals surface area contributed by atoms with Crippen LogP contribution in [0.3, 0.4) is 0 Å². The topological polar surface area (TPSA) is 106 Å². The lowest BCUT2D eigenvalue weighted by Gasteiger charge is -2.34. The number of hydrogen-bond acceptors (Lipinski definition) is 5. The van der Waals surface area contributed by atoms with Gasteiger partial charge in [0, 0.05) is 45.1 Å². The molecule has 3 rings (SSSR count). The zero-order valence-electron chi connectivity index (χ0n) is 14.6. The summed E-state index contributed by atoms with van der Waals surface area (Å²) < 4.78 is 26.7. The minimum atomic E-state index is -3.63. The molecule has 0 bridgehead atoms. The molecule has 1 aliphatic rings. The summed E-state index contributed by atoms with van der Waals surface area (Å²) in [4.78, 5) is 18.0. The lowest BCUT2D eigenvalue weighted by molar-refractivity contribution is 0.172. The number of nitriles is 1. The summed E-state index contributed by atoms with van der Waals surface area (Å²) in [6.45, 7) is 1.45. The lowest BCUT2D eigenvalue weighted by atomic mass is 10.2. The monoisotopic (exact) mass is 385 g/mol. The highest BCUT2D eigenvalue weighted by Crippen LogP contribution is 2.18. The number of aromatic nitrogens is 1. The van der Waals surface area contributed by atoms with Gasteiger partial charge in [-0.05, 0) is 35.9 Å². The van der Waals surface area contributed by atoms with Crippen molar-refractivity contribution in [2.24, 2.45) is 0 Å². The quantitative estimate of drug-likeness (QED) is 0.850. The van der Waals surface area contributed by atoms with Crippen LogP contribution in [0.2, 0.25) is 0 Å². The summed E-state index contributed by atoms with van der Waals surface area (Å²) in [5, 5.41) is 11.6. The average molecular weight is 385 g/mol. The lowest BCUT2D eigenvalue weighted by Crippen LogP contribution is -2.52. The second-order valence-electron chi connectivity index (χ2n) is 6.05. The van der Waals surface area contributed by atoms with Crippen molar-refractivity contribution in [3.63, 3.8) is 0 Å². The van der Waals surface area contributed by atoms with E-state index in [0.717, 1.165) is 5.56 Å². The fourth-order valence-corrected chi connectivity index (χ4v) is 4.20. The zero-order chi connectivity index (χ0) is 19.3. The van der Waals surface area contributed by atoms with E-state index in [1.165, 1.54) is 28.6 Å². The number of benzene rings is 1. The minimum absolute atomic E-state index is 0.149. The van der Waals surface area contributed by atoms with Gasteiger partial charge >= 0.3 is 6.03 Å². The van der Waals surface area contributed by atoms with Crippen molar-refractivity contribution in [2.75, 3.05) is 26.2 Å². The fraction of sp³-hybridized carbons (Fsp3) is 0.278. The van der Waals surface area contributed by atoms with E-state index in [2.05, 4.69) is 10.3 Å². The zero-order valence-corrected chi connectivity index (χ0v) is 15.4. The third kappa shape index (κ3) is 4.42. The number of nitrogens with one attached hydrogen (secondary N) is 1. The van der Waals surface area contributed by atoms with Crippen LogP contribution < -0.4 is 5.32 Å². The number of piperazine rings is 1. The summed E-state index contributed by atoms with van der Waals surface area (Å²) in [6.07, 6.45) is 3.35. The molecule has 2 aromatic rings. The summed E-state index contributed by atoms with van der Waals surface area (Å²) in [5.74, 6) is 0. The van der Waals surface area contributed by atoms with Crippen molar-refractivity contribution in [1.82, 2.24) is 19.5 Å². The van der Waals surface area contributed by atoms with Crippen molar-refractivity contribution in [2.45, 2.75) is 11.4 Å². The molecule has 1 fully saturated rings. The van der Waals surface area contributed by atoms with Crippen LogP contribution >= 0.6 is 0 Å². The van der Waals surface area contributed by atoms with Gasteiger partial charge in [-0.25, -0.2) is 13.2 Å². The molecule has 0 radical (unpaired) electrons. The Hall–Kier alpha value is -2.96. The van der Waals surface area contributed by atoms with Gasteiger partial charge in [0.25, 0.3) is 0 Å². The maximum absolute atomic E-state index is 12.7. The van der Waals surface area contributed by atoms with Crippen molar-refractivity contribution in [3.05, 3.63) is 59.9 Å². The van der Waals surface area contributed by atoms with Crippen LogP contribution in [0.25, 0.3) is 0 Å². The SMILES string of the molecule is N#Cc1ccc(S(=O)(=O)N2CCN(C(=O)NCc3cccnc3)CC2)cc1. The van der Waals surface area contributed by atoms with E-state index in [-0.39, 0.29) is 24.0 Å². The molecule has 140 valence electrons. The Labute approximate surface area is 158 Å². The number of pyridine rings is 1. The molecule has 0 atom stereocenters. The Morgan fingerprint density at radius 2 is 1.85 bits per heavy atom. The number of nitrogens with zero attached hydrogens (tertiary/aromatic N) is 4. The molecule has 0 saturated carbocycles. The highest BCUT2D eigenvalue weighted by atomic mass is 32.2. The Kier molecular flexibility index (Phi) is 5.69. The van der Waals surface area contributed by atoms with Gasteiger partial charge in [-0.15, -0.1) is 0 Å². The Bertz CT molecular complexity index is 931. The molecule has 2 amide bonds. The molecular weight excluding hydrogens is 366 g/mol. The molecule has 1 N–H and O–H groups in total. The van der Waals surface area contributed by atoms with Gasteiger partial charge in [0.1, 0.15) is 0 Å². The fourth-order valence-electron chi connectivity index (χ4n) is 2.77. The van der Waals surface area contributed by atoms with Gasteiger partial charge in [0.15, 0.2) is 0 Å². The summed E-state index contributed by atoms with van der Waals surface area (Å²) in [6, 6.07) is 11.2. The van der Waals surface area contributed by atoms with Crippen LogP contribution in [0.15, 0.2) is 53.7 Å². The average Bonchev–Trinajstić information content (AvgIpc) is 2.73. The molecular formula is C18H19N5O3S. The number of carbonyl (C=O) groups excluding carboxylic acids is 1. The van der Waals surface area contributed by atoms with E-state index in [0.29, 0.717) is 25.2 Å².